The summed E-state index contributed by atoms with van der Waals surface area (Å²) in [5.41, 5.74) is 0. The molecule has 4 heteroatoms. The molecule has 1 N–H and O–H groups in total. The standard InChI is InChI=1S/C15H22N2O2/c18-14-9-16-12-7-6-11(8-13(12)17-14)15(19)10-4-2-1-3-5-10/h9-13H,1-8H2,(H,17,18). The molecule has 2 fully saturated rings. The summed E-state index contributed by atoms with van der Waals surface area (Å²) in [5, 5.41) is 2.97. The van der Waals surface area contributed by atoms with Crippen molar-refractivity contribution in [2.24, 2.45) is 16.8 Å². The Morgan fingerprint density at radius 1 is 1.11 bits per heavy atom. The lowest BCUT2D eigenvalue weighted by Crippen LogP contribution is -2.51. The lowest BCUT2D eigenvalue weighted by molar-refractivity contribution is -0.129. The van der Waals surface area contributed by atoms with E-state index in [1.54, 1.807) is 0 Å². The highest BCUT2D eigenvalue weighted by atomic mass is 16.2. The number of hydrogen-bond acceptors (Lipinski definition) is 3. The van der Waals surface area contributed by atoms with Crippen LogP contribution in [0.3, 0.4) is 0 Å². The molecule has 19 heavy (non-hydrogen) atoms. The van der Waals surface area contributed by atoms with Crippen molar-refractivity contribution in [3.8, 4) is 0 Å². The molecule has 0 spiro atoms. The van der Waals surface area contributed by atoms with Crippen molar-refractivity contribution in [2.75, 3.05) is 0 Å². The maximum absolute atomic E-state index is 12.6. The van der Waals surface area contributed by atoms with E-state index in [4.69, 9.17) is 0 Å². The van der Waals surface area contributed by atoms with Crippen LogP contribution in [0, 0.1) is 11.8 Å². The van der Waals surface area contributed by atoms with Gasteiger partial charge in [0.25, 0.3) is 5.91 Å². The zero-order valence-corrected chi connectivity index (χ0v) is 11.3. The Balaban J connectivity index is 1.62. The molecule has 104 valence electrons. The van der Waals surface area contributed by atoms with Gasteiger partial charge >= 0.3 is 0 Å². The fraction of sp³-hybridized carbons (Fsp3) is 0.800. The molecule has 1 amide bonds. The predicted molar refractivity (Wildman–Crippen MR) is 73.1 cm³/mol. The maximum Gasteiger partial charge on any atom is 0.262 e. The SMILES string of the molecule is O=C1C=NC2CCC(C(=O)C3CCCCC3)CC2N1. The number of Topliss-reactive ketones (excluding diaryl/α,β-unsaturated/α-hetero) is 1. The average molecular weight is 262 g/mol. The maximum atomic E-state index is 12.6. The van der Waals surface area contributed by atoms with E-state index < -0.39 is 0 Å². The van der Waals surface area contributed by atoms with Crippen LogP contribution in [0.25, 0.3) is 0 Å². The summed E-state index contributed by atoms with van der Waals surface area (Å²) in [4.78, 5) is 28.2. The summed E-state index contributed by atoms with van der Waals surface area (Å²) < 4.78 is 0. The average Bonchev–Trinajstić information content (AvgIpc) is 2.46. The van der Waals surface area contributed by atoms with Crippen LogP contribution in [0.2, 0.25) is 0 Å². The van der Waals surface area contributed by atoms with E-state index in [1.165, 1.54) is 25.5 Å². The molecule has 0 bridgehead atoms. The molecule has 2 aliphatic carbocycles. The van der Waals surface area contributed by atoms with Crippen molar-refractivity contribution in [3.63, 3.8) is 0 Å². The number of fused-ring (bicyclic) bond motifs is 1. The number of aliphatic imine (C=N–C) groups is 1. The van der Waals surface area contributed by atoms with Gasteiger partial charge in [0.2, 0.25) is 0 Å². The van der Waals surface area contributed by atoms with Crippen molar-refractivity contribution >= 4 is 17.9 Å². The van der Waals surface area contributed by atoms with Crippen molar-refractivity contribution < 1.29 is 9.59 Å². The second kappa shape index (κ2) is 5.43. The van der Waals surface area contributed by atoms with E-state index in [9.17, 15) is 9.59 Å². The fourth-order valence-electron chi connectivity index (χ4n) is 3.85. The zero-order chi connectivity index (χ0) is 13.2. The van der Waals surface area contributed by atoms with Gasteiger partial charge in [-0.1, -0.05) is 19.3 Å². The molecule has 0 aromatic heterocycles. The number of hydrogen-bond donors (Lipinski definition) is 1. The Morgan fingerprint density at radius 3 is 2.68 bits per heavy atom. The number of rotatable bonds is 2. The van der Waals surface area contributed by atoms with Crippen LogP contribution >= 0.6 is 0 Å². The lowest BCUT2D eigenvalue weighted by Gasteiger charge is -2.37. The molecule has 0 aromatic carbocycles. The van der Waals surface area contributed by atoms with E-state index in [0.29, 0.717) is 5.78 Å². The first-order valence-electron chi connectivity index (χ1n) is 7.61. The quantitative estimate of drug-likeness (QED) is 0.826. The molecule has 0 aromatic rings. The van der Waals surface area contributed by atoms with Gasteiger partial charge in [0.15, 0.2) is 0 Å². The summed E-state index contributed by atoms with van der Waals surface area (Å²) >= 11 is 0. The van der Waals surface area contributed by atoms with E-state index in [2.05, 4.69) is 10.3 Å². The summed E-state index contributed by atoms with van der Waals surface area (Å²) in [6, 6.07) is 0.289. The molecule has 1 heterocycles. The fourth-order valence-corrected chi connectivity index (χ4v) is 3.85. The van der Waals surface area contributed by atoms with Crippen LogP contribution in [-0.2, 0) is 9.59 Å². The second-order valence-electron chi connectivity index (χ2n) is 6.21. The monoisotopic (exact) mass is 262 g/mol. The third-order valence-electron chi connectivity index (χ3n) is 4.93. The molecular weight excluding hydrogens is 240 g/mol. The van der Waals surface area contributed by atoms with Gasteiger partial charge < -0.3 is 5.32 Å². The molecule has 3 unspecified atom stereocenters. The molecule has 3 aliphatic rings. The van der Waals surface area contributed by atoms with Gasteiger partial charge in [-0.15, -0.1) is 0 Å². The van der Waals surface area contributed by atoms with Crippen LogP contribution in [0.15, 0.2) is 4.99 Å². The van der Waals surface area contributed by atoms with E-state index in [0.717, 1.165) is 32.1 Å². The number of nitrogens with one attached hydrogen (secondary N) is 1. The molecule has 0 saturated heterocycles. The van der Waals surface area contributed by atoms with Gasteiger partial charge in [-0.3, -0.25) is 14.6 Å². The normalized spacial score (nSPS) is 35.6. The van der Waals surface area contributed by atoms with Gasteiger partial charge in [0.05, 0.1) is 18.3 Å². The Kier molecular flexibility index (Phi) is 3.67. The van der Waals surface area contributed by atoms with Crippen LogP contribution in [0.1, 0.15) is 51.4 Å². The van der Waals surface area contributed by atoms with Gasteiger partial charge in [-0.05, 0) is 32.1 Å². The third-order valence-corrected chi connectivity index (χ3v) is 4.93. The lowest BCUT2D eigenvalue weighted by atomic mass is 9.74. The van der Waals surface area contributed by atoms with E-state index in [-0.39, 0.29) is 29.8 Å². The predicted octanol–water partition coefficient (Wildman–Crippen LogP) is 1.87. The van der Waals surface area contributed by atoms with Crippen molar-refractivity contribution in [1.82, 2.24) is 5.32 Å². The molecule has 1 aliphatic heterocycles. The first-order chi connectivity index (χ1) is 9.24. The highest BCUT2D eigenvalue weighted by Gasteiger charge is 2.38. The minimum atomic E-state index is -0.105. The minimum Gasteiger partial charge on any atom is -0.346 e. The molecule has 4 nitrogen and oxygen atoms in total. The zero-order valence-electron chi connectivity index (χ0n) is 11.3. The van der Waals surface area contributed by atoms with Crippen molar-refractivity contribution in [1.29, 1.82) is 0 Å². The highest BCUT2D eigenvalue weighted by Crippen LogP contribution is 2.34. The molecule has 2 saturated carbocycles. The minimum absolute atomic E-state index is 0.0868. The Bertz CT molecular complexity index is 399. The largest absolute Gasteiger partial charge is 0.346 e. The molecule has 3 atom stereocenters. The molecule has 3 rings (SSSR count). The topological polar surface area (TPSA) is 58.5 Å². The summed E-state index contributed by atoms with van der Waals surface area (Å²) in [5.74, 6) is 0.796. The number of carbonyl (C=O) groups excluding carboxylic acids is 2. The number of ketones is 1. The van der Waals surface area contributed by atoms with Gasteiger partial charge in [0, 0.05) is 11.8 Å². The Morgan fingerprint density at radius 2 is 1.89 bits per heavy atom. The summed E-state index contributed by atoms with van der Waals surface area (Å²) in [6.45, 7) is 0. The molecular formula is C15H22N2O2. The molecule has 0 radical (unpaired) electrons. The highest BCUT2D eigenvalue weighted by molar-refractivity contribution is 6.26. The smallest absolute Gasteiger partial charge is 0.262 e. The second-order valence-corrected chi connectivity index (χ2v) is 6.21. The van der Waals surface area contributed by atoms with Gasteiger partial charge in [0.1, 0.15) is 5.78 Å². The summed E-state index contributed by atoms with van der Waals surface area (Å²) in [7, 11) is 0. The third kappa shape index (κ3) is 2.72. The van der Waals surface area contributed by atoms with Crippen LogP contribution < -0.4 is 5.32 Å². The van der Waals surface area contributed by atoms with Gasteiger partial charge in [-0.25, -0.2) is 0 Å². The van der Waals surface area contributed by atoms with E-state index in [1.807, 2.05) is 0 Å². The Hall–Kier alpha value is -1.19. The van der Waals surface area contributed by atoms with Crippen LogP contribution in [-0.4, -0.2) is 30.0 Å². The number of amides is 1. The first kappa shape index (κ1) is 12.8. The van der Waals surface area contributed by atoms with Crippen LogP contribution in [0.4, 0.5) is 0 Å². The number of carbonyl (C=O) groups is 2. The van der Waals surface area contributed by atoms with Gasteiger partial charge in [-0.2, -0.15) is 0 Å². The summed E-state index contributed by atoms with van der Waals surface area (Å²) in [6.07, 6.45) is 9.92. The van der Waals surface area contributed by atoms with Crippen molar-refractivity contribution in [2.45, 2.75) is 63.5 Å². The first-order valence-corrected chi connectivity index (χ1v) is 7.61. The van der Waals surface area contributed by atoms with Crippen molar-refractivity contribution in [3.05, 3.63) is 0 Å². The van der Waals surface area contributed by atoms with Crippen LogP contribution in [0.5, 0.6) is 0 Å². The Labute approximate surface area is 114 Å². The number of nitrogens with zero attached hydrogens (tertiary/aromatic N) is 1. The van der Waals surface area contributed by atoms with E-state index >= 15 is 0 Å².